The topological polar surface area (TPSA) is 38.5 Å². The van der Waals surface area contributed by atoms with Gasteiger partial charge in [-0.25, -0.2) is 0 Å². The van der Waals surface area contributed by atoms with Crippen LogP contribution in [0.15, 0.2) is 42.5 Å². The van der Waals surface area contributed by atoms with E-state index < -0.39 is 0 Å². The Kier molecular flexibility index (Phi) is 6.05. The van der Waals surface area contributed by atoms with Crippen molar-refractivity contribution in [3.8, 4) is 5.75 Å². The number of ether oxygens (including phenoxy) is 1. The van der Waals surface area contributed by atoms with Crippen molar-refractivity contribution >= 4 is 5.69 Å². The summed E-state index contributed by atoms with van der Waals surface area (Å²) in [7, 11) is 4.11. The number of rotatable bonds is 7. The number of aryl methyl sites for hydroxylation is 1. The van der Waals surface area contributed by atoms with E-state index in [1.165, 1.54) is 22.4 Å². The molecule has 0 bridgehead atoms. The zero-order valence-electron chi connectivity index (χ0n) is 14.7. The lowest BCUT2D eigenvalue weighted by molar-refractivity contribution is 0.296. The molecule has 0 aliphatic rings. The molecule has 0 saturated carbocycles. The lowest BCUT2D eigenvalue weighted by atomic mass is 9.95. The van der Waals surface area contributed by atoms with Gasteiger partial charge < -0.3 is 15.4 Å². The first-order valence-corrected chi connectivity index (χ1v) is 8.19. The maximum absolute atomic E-state index is 6.00. The van der Waals surface area contributed by atoms with Gasteiger partial charge in [0.05, 0.1) is 6.61 Å². The molecule has 124 valence electrons. The van der Waals surface area contributed by atoms with Crippen LogP contribution in [0.3, 0.4) is 0 Å². The molecule has 0 aromatic heterocycles. The van der Waals surface area contributed by atoms with Gasteiger partial charge in [0.2, 0.25) is 0 Å². The Bertz CT molecular complexity index is 637. The van der Waals surface area contributed by atoms with Crippen molar-refractivity contribution in [3.63, 3.8) is 0 Å². The SMILES string of the molecule is Cc1cccc(OCCC(CN)c2cccc(N(C)C)c2)c1C. The van der Waals surface area contributed by atoms with Crippen LogP contribution >= 0.6 is 0 Å². The molecule has 0 aliphatic heterocycles. The minimum absolute atomic E-state index is 0.319. The second kappa shape index (κ2) is 8.02. The monoisotopic (exact) mass is 312 g/mol. The lowest BCUT2D eigenvalue weighted by Gasteiger charge is -2.19. The molecular formula is C20H28N2O. The van der Waals surface area contributed by atoms with E-state index in [2.05, 4.69) is 63.2 Å². The maximum Gasteiger partial charge on any atom is 0.122 e. The van der Waals surface area contributed by atoms with Crippen molar-refractivity contribution in [1.29, 1.82) is 0 Å². The number of nitrogens with two attached hydrogens (primary N) is 1. The van der Waals surface area contributed by atoms with Crippen LogP contribution in [0.25, 0.3) is 0 Å². The smallest absolute Gasteiger partial charge is 0.122 e. The van der Waals surface area contributed by atoms with Gasteiger partial charge in [0, 0.05) is 19.8 Å². The van der Waals surface area contributed by atoms with E-state index in [1.54, 1.807) is 0 Å². The highest BCUT2D eigenvalue weighted by molar-refractivity contribution is 5.48. The molecule has 0 heterocycles. The summed E-state index contributed by atoms with van der Waals surface area (Å²) in [5, 5.41) is 0. The zero-order chi connectivity index (χ0) is 16.8. The molecule has 2 N–H and O–H groups in total. The van der Waals surface area contributed by atoms with Crippen LogP contribution in [0.5, 0.6) is 5.75 Å². The van der Waals surface area contributed by atoms with Crippen LogP contribution in [0.1, 0.15) is 29.0 Å². The standard InChI is InChI=1S/C20H28N2O/c1-15-7-5-10-20(16(15)2)23-12-11-18(14-21)17-8-6-9-19(13-17)22(3)4/h5-10,13,18H,11-12,14,21H2,1-4H3. The van der Waals surface area contributed by atoms with Gasteiger partial charge in [-0.2, -0.15) is 0 Å². The molecule has 0 aliphatic carbocycles. The molecule has 1 atom stereocenters. The average molecular weight is 312 g/mol. The molecule has 1 unspecified atom stereocenters. The number of hydrogen-bond donors (Lipinski definition) is 1. The molecule has 2 aromatic carbocycles. The van der Waals surface area contributed by atoms with Crippen LogP contribution in [0.4, 0.5) is 5.69 Å². The van der Waals surface area contributed by atoms with Crippen molar-refractivity contribution < 1.29 is 4.74 Å². The third kappa shape index (κ3) is 4.49. The Balaban J connectivity index is 2.00. The predicted octanol–water partition coefficient (Wildman–Crippen LogP) is 3.88. The van der Waals surface area contributed by atoms with Crippen molar-refractivity contribution in [2.75, 3.05) is 32.1 Å². The summed E-state index contributed by atoms with van der Waals surface area (Å²) in [5.41, 5.74) is 11.0. The Morgan fingerprint density at radius 3 is 2.52 bits per heavy atom. The van der Waals surface area contributed by atoms with Gasteiger partial charge in [-0.15, -0.1) is 0 Å². The molecule has 3 heteroatoms. The van der Waals surface area contributed by atoms with Crippen molar-refractivity contribution in [3.05, 3.63) is 59.2 Å². The van der Waals surface area contributed by atoms with Crippen molar-refractivity contribution in [1.82, 2.24) is 0 Å². The van der Waals surface area contributed by atoms with Gasteiger partial charge in [-0.1, -0.05) is 24.3 Å². The van der Waals surface area contributed by atoms with Crippen LogP contribution in [0, 0.1) is 13.8 Å². The summed E-state index contributed by atoms with van der Waals surface area (Å²) < 4.78 is 5.98. The van der Waals surface area contributed by atoms with Gasteiger partial charge in [0.1, 0.15) is 5.75 Å². The van der Waals surface area contributed by atoms with E-state index in [0.717, 1.165) is 12.2 Å². The Labute approximate surface area is 140 Å². The molecule has 3 nitrogen and oxygen atoms in total. The van der Waals surface area contributed by atoms with Crippen molar-refractivity contribution in [2.45, 2.75) is 26.2 Å². The van der Waals surface area contributed by atoms with Crippen LogP contribution in [-0.4, -0.2) is 27.2 Å². The fourth-order valence-electron chi connectivity index (χ4n) is 2.67. The molecule has 0 spiro atoms. The van der Waals surface area contributed by atoms with Gasteiger partial charge in [-0.3, -0.25) is 0 Å². The molecule has 0 amide bonds. The molecule has 2 aromatic rings. The molecular weight excluding hydrogens is 284 g/mol. The largest absolute Gasteiger partial charge is 0.493 e. The van der Waals surface area contributed by atoms with Gasteiger partial charge in [-0.05, 0) is 67.6 Å². The average Bonchev–Trinajstić information content (AvgIpc) is 2.55. The highest BCUT2D eigenvalue weighted by Crippen LogP contribution is 2.25. The summed E-state index contributed by atoms with van der Waals surface area (Å²) in [5.74, 6) is 1.29. The highest BCUT2D eigenvalue weighted by atomic mass is 16.5. The molecule has 0 fully saturated rings. The third-order valence-corrected chi connectivity index (χ3v) is 4.42. The summed E-state index contributed by atoms with van der Waals surface area (Å²) in [6.45, 7) is 5.52. The summed E-state index contributed by atoms with van der Waals surface area (Å²) in [6, 6.07) is 14.8. The van der Waals surface area contributed by atoms with E-state index in [1.807, 2.05) is 12.1 Å². The number of anilines is 1. The number of benzene rings is 2. The van der Waals surface area contributed by atoms with E-state index in [9.17, 15) is 0 Å². The Morgan fingerprint density at radius 1 is 1.09 bits per heavy atom. The minimum atomic E-state index is 0.319. The van der Waals surface area contributed by atoms with E-state index in [0.29, 0.717) is 19.1 Å². The Hall–Kier alpha value is -2.00. The van der Waals surface area contributed by atoms with Crippen LogP contribution in [0.2, 0.25) is 0 Å². The van der Waals surface area contributed by atoms with Gasteiger partial charge in [0.15, 0.2) is 0 Å². The third-order valence-electron chi connectivity index (χ3n) is 4.42. The first-order valence-electron chi connectivity index (χ1n) is 8.19. The highest BCUT2D eigenvalue weighted by Gasteiger charge is 2.12. The Morgan fingerprint density at radius 2 is 1.83 bits per heavy atom. The van der Waals surface area contributed by atoms with Gasteiger partial charge in [0.25, 0.3) is 0 Å². The van der Waals surface area contributed by atoms with Crippen LogP contribution in [-0.2, 0) is 0 Å². The lowest BCUT2D eigenvalue weighted by Crippen LogP contribution is -2.17. The maximum atomic E-state index is 6.00. The first kappa shape index (κ1) is 17.4. The molecule has 2 rings (SSSR count). The summed E-state index contributed by atoms with van der Waals surface area (Å²) in [4.78, 5) is 2.11. The molecule has 0 saturated heterocycles. The van der Waals surface area contributed by atoms with E-state index >= 15 is 0 Å². The second-order valence-electron chi connectivity index (χ2n) is 6.26. The quantitative estimate of drug-likeness (QED) is 0.843. The zero-order valence-corrected chi connectivity index (χ0v) is 14.7. The first-order chi connectivity index (χ1) is 11.0. The summed E-state index contributed by atoms with van der Waals surface area (Å²) in [6.07, 6.45) is 0.917. The van der Waals surface area contributed by atoms with E-state index in [-0.39, 0.29) is 0 Å². The summed E-state index contributed by atoms with van der Waals surface area (Å²) >= 11 is 0. The fraction of sp³-hybridized carbons (Fsp3) is 0.400. The van der Waals surface area contributed by atoms with Crippen LogP contribution < -0.4 is 15.4 Å². The number of nitrogens with zero attached hydrogens (tertiary/aromatic N) is 1. The fourth-order valence-corrected chi connectivity index (χ4v) is 2.67. The van der Waals surface area contributed by atoms with Gasteiger partial charge >= 0.3 is 0 Å². The molecule has 0 radical (unpaired) electrons. The molecule has 23 heavy (non-hydrogen) atoms. The second-order valence-corrected chi connectivity index (χ2v) is 6.26. The number of hydrogen-bond acceptors (Lipinski definition) is 3. The van der Waals surface area contributed by atoms with E-state index in [4.69, 9.17) is 10.5 Å². The van der Waals surface area contributed by atoms with Crippen molar-refractivity contribution in [2.24, 2.45) is 5.73 Å². The predicted molar refractivity (Wildman–Crippen MR) is 98.6 cm³/mol. The normalized spacial score (nSPS) is 12.0. The minimum Gasteiger partial charge on any atom is -0.493 e.